The number of rotatable bonds is 8. The highest BCUT2D eigenvalue weighted by molar-refractivity contribution is 7.92. The maximum atomic E-state index is 13.1. The molecule has 37 heavy (non-hydrogen) atoms. The number of anilines is 3. The van der Waals surface area contributed by atoms with Crippen molar-refractivity contribution in [2.45, 2.75) is 25.7 Å². The Labute approximate surface area is 217 Å². The Hall–Kier alpha value is -4.16. The Morgan fingerprint density at radius 1 is 1.11 bits per heavy atom. The number of aryl methyl sites for hydroxylation is 1. The molecule has 1 aromatic heterocycles. The van der Waals surface area contributed by atoms with Crippen LogP contribution in [0.2, 0.25) is 0 Å². The van der Waals surface area contributed by atoms with Crippen LogP contribution in [-0.4, -0.2) is 38.0 Å². The molecule has 0 aliphatic carbocycles. The van der Waals surface area contributed by atoms with Gasteiger partial charge in [0.25, 0.3) is 21.8 Å². The normalized spacial score (nSPS) is 13.8. The predicted molar refractivity (Wildman–Crippen MR) is 135 cm³/mol. The van der Waals surface area contributed by atoms with Crippen LogP contribution in [0.15, 0.2) is 68.7 Å². The van der Waals surface area contributed by atoms with E-state index in [2.05, 4.69) is 15.2 Å². The molecular formula is C24H21ClN4O7S. The number of nitrogens with zero attached hydrogens (tertiary/aromatic N) is 2. The van der Waals surface area contributed by atoms with Crippen molar-refractivity contribution in [3.63, 3.8) is 0 Å². The van der Waals surface area contributed by atoms with Gasteiger partial charge in [-0.3, -0.25) is 9.59 Å². The van der Waals surface area contributed by atoms with Crippen molar-refractivity contribution in [3.05, 3.63) is 76.1 Å². The van der Waals surface area contributed by atoms with E-state index < -0.39 is 27.8 Å². The van der Waals surface area contributed by atoms with Crippen LogP contribution in [0.1, 0.15) is 28.5 Å². The van der Waals surface area contributed by atoms with E-state index >= 15 is 0 Å². The maximum absolute atomic E-state index is 13.1. The number of carbonyl (C=O) groups excluding carboxylic acids is 3. The molecule has 0 radical (unpaired) electrons. The van der Waals surface area contributed by atoms with E-state index in [9.17, 15) is 22.8 Å². The molecule has 11 nitrogen and oxygen atoms in total. The Morgan fingerprint density at radius 2 is 1.81 bits per heavy atom. The third kappa shape index (κ3) is 5.06. The number of hydrogen-bond acceptors (Lipinski definition) is 9. The van der Waals surface area contributed by atoms with E-state index in [1.165, 1.54) is 48.5 Å². The number of aromatic nitrogens is 1. The predicted octanol–water partition coefficient (Wildman–Crippen LogP) is 3.70. The molecule has 0 bridgehead atoms. The minimum Gasteiger partial charge on any atom is -0.462 e. The molecule has 13 heteroatoms. The maximum Gasteiger partial charge on any atom is 0.338 e. The molecule has 2 N–H and O–H groups in total. The van der Waals surface area contributed by atoms with Crippen LogP contribution < -0.4 is 14.9 Å². The number of carbonyl (C=O) groups is 3. The molecule has 0 unspecified atom stereocenters. The molecule has 1 aliphatic heterocycles. The largest absolute Gasteiger partial charge is 0.462 e. The van der Waals surface area contributed by atoms with Crippen molar-refractivity contribution < 1.29 is 32.1 Å². The minimum atomic E-state index is -3.97. The van der Waals surface area contributed by atoms with Crippen LogP contribution in [0.4, 0.5) is 17.3 Å². The second kappa shape index (κ2) is 10.1. The zero-order chi connectivity index (χ0) is 26.9. The Morgan fingerprint density at radius 3 is 2.43 bits per heavy atom. The first-order valence-corrected chi connectivity index (χ1v) is 12.8. The van der Waals surface area contributed by atoms with Crippen molar-refractivity contribution in [2.75, 3.05) is 21.5 Å². The van der Waals surface area contributed by atoms with E-state index in [0.29, 0.717) is 16.9 Å². The lowest BCUT2D eigenvalue weighted by Crippen LogP contribution is -2.32. The van der Waals surface area contributed by atoms with Gasteiger partial charge in [0.05, 0.1) is 28.4 Å². The van der Waals surface area contributed by atoms with Crippen molar-refractivity contribution in [1.82, 2.24) is 5.16 Å². The monoisotopic (exact) mass is 544 g/mol. The van der Waals surface area contributed by atoms with E-state index in [1.807, 2.05) is 0 Å². The van der Waals surface area contributed by atoms with Crippen LogP contribution in [0, 0.1) is 13.8 Å². The molecule has 0 spiro atoms. The fourth-order valence-electron chi connectivity index (χ4n) is 3.39. The summed E-state index contributed by atoms with van der Waals surface area (Å²) in [6.45, 7) is 5.18. The number of imide groups is 1. The quantitative estimate of drug-likeness (QED) is 0.320. The van der Waals surface area contributed by atoms with E-state index in [-0.39, 0.29) is 39.4 Å². The van der Waals surface area contributed by atoms with Gasteiger partial charge < -0.3 is 14.6 Å². The van der Waals surface area contributed by atoms with Crippen LogP contribution in [-0.2, 0) is 24.3 Å². The minimum absolute atomic E-state index is 0.0128. The highest BCUT2D eigenvalue weighted by atomic mass is 35.5. The SMILES string of the molecule is CCOC(=O)c1cccc(N2C(=O)C(Cl)=C(Nc3ccc(S(=O)(=O)Nc4onc(C)c4C)cc3)C2=O)c1. The molecule has 0 saturated heterocycles. The van der Waals surface area contributed by atoms with Crippen LogP contribution >= 0.6 is 11.6 Å². The average molecular weight is 545 g/mol. The topological polar surface area (TPSA) is 148 Å². The van der Waals surface area contributed by atoms with Gasteiger partial charge in [-0.05, 0) is 63.2 Å². The molecule has 0 fully saturated rings. The third-order valence-electron chi connectivity index (χ3n) is 5.46. The standard InChI is InChI=1S/C24H21ClN4O7S/c1-4-35-24(32)15-6-5-7-17(12-15)29-22(30)19(25)20(23(29)31)26-16-8-10-18(11-9-16)37(33,34)28-21-13(2)14(3)27-36-21/h5-12,26,28H,4H2,1-3H3. The van der Waals surface area contributed by atoms with E-state index in [1.54, 1.807) is 20.8 Å². The molecule has 3 aromatic rings. The summed E-state index contributed by atoms with van der Waals surface area (Å²) in [7, 11) is -3.97. The van der Waals surface area contributed by atoms with Gasteiger partial charge in [0.15, 0.2) is 0 Å². The van der Waals surface area contributed by atoms with Gasteiger partial charge in [0.2, 0.25) is 5.88 Å². The van der Waals surface area contributed by atoms with E-state index in [0.717, 1.165) is 4.90 Å². The zero-order valence-corrected chi connectivity index (χ0v) is 21.4. The molecule has 1 aliphatic rings. The number of hydrogen-bond donors (Lipinski definition) is 2. The second-order valence-corrected chi connectivity index (χ2v) is 9.94. The fourth-order valence-corrected chi connectivity index (χ4v) is 4.64. The molecular weight excluding hydrogens is 524 g/mol. The molecule has 2 amide bonds. The summed E-state index contributed by atoms with van der Waals surface area (Å²) in [5, 5.41) is 6.13. The number of amides is 2. The van der Waals surface area contributed by atoms with Crippen molar-refractivity contribution in [1.29, 1.82) is 0 Å². The van der Waals surface area contributed by atoms with Gasteiger partial charge >= 0.3 is 5.97 Å². The van der Waals surface area contributed by atoms with Gasteiger partial charge in [-0.1, -0.05) is 22.8 Å². The van der Waals surface area contributed by atoms with Crippen molar-refractivity contribution in [3.8, 4) is 0 Å². The fraction of sp³-hybridized carbons (Fsp3) is 0.167. The number of benzene rings is 2. The molecule has 0 saturated carbocycles. The Bertz CT molecular complexity index is 1550. The molecule has 192 valence electrons. The summed E-state index contributed by atoms with van der Waals surface area (Å²) >= 11 is 6.17. The summed E-state index contributed by atoms with van der Waals surface area (Å²) in [4.78, 5) is 38.6. The number of sulfonamides is 1. The van der Waals surface area contributed by atoms with Crippen molar-refractivity contribution in [2.24, 2.45) is 0 Å². The summed E-state index contributed by atoms with van der Waals surface area (Å²) < 4.78 is 37.7. The number of esters is 1. The summed E-state index contributed by atoms with van der Waals surface area (Å²) in [6.07, 6.45) is 0. The lowest BCUT2D eigenvalue weighted by atomic mass is 10.2. The highest BCUT2D eigenvalue weighted by Gasteiger charge is 2.39. The third-order valence-corrected chi connectivity index (χ3v) is 7.16. The Balaban J connectivity index is 1.52. The second-order valence-electron chi connectivity index (χ2n) is 7.88. The van der Waals surface area contributed by atoms with Gasteiger partial charge in [-0.2, -0.15) is 0 Å². The van der Waals surface area contributed by atoms with Crippen molar-refractivity contribution >= 4 is 56.7 Å². The molecule has 4 rings (SSSR count). The first-order chi connectivity index (χ1) is 17.5. The molecule has 0 atom stereocenters. The highest BCUT2D eigenvalue weighted by Crippen LogP contribution is 2.31. The lowest BCUT2D eigenvalue weighted by Gasteiger charge is -2.16. The van der Waals surface area contributed by atoms with Crippen LogP contribution in [0.3, 0.4) is 0 Å². The molecule has 2 heterocycles. The molecule has 2 aromatic carbocycles. The van der Waals surface area contributed by atoms with Crippen LogP contribution in [0.25, 0.3) is 0 Å². The number of ether oxygens (including phenoxy) is 1. The summed E-state index contributed by atoms with van der Waals surface area (Å²) in [5.74, 6) is -2.11. The van der Waals surface area contributed by atoms with Gasteiger partial charge in [0, 0.05) is 11.3 Å². The summed E-state index contributed by atoms with van der Waals surface area (Å²) in [6, 6.07) is 11.3. The Kier molecular flexibility index (Phi) is 7.05. The van der Waals surface area contributed by atoms with Gasteiger partial charge in [-0.25, -0.2) is 22.8 Å². The zero-order valence-electron chi connectivity index (χ0n) is 19.9. The average Bonchev–Trinajstić information content (AvgIpc) is 3.29. The van der Waals surface area contributed by atoms with Gasteiger partial charge in [0.1, 0.15) is 10.7 Å². The smallest absolute Gasteiger partial charge is 0.338 e. The summed E-state index contributed by atoms with van der Waals surface area (Å²) in [5.41, 5.74) is 1.53. The van der Waals surface area contributed by atoms with Gasteiger partial charge in [-0.15, -0.1) is 0 Å². The first-order valence-electron chi connectivity index (χ1n) is 10.9. The lowest BCUT2D eigenvalue weighted by molar-refractivity contribution is -0.120. The number of halogens is 1. The van der Waals surface area contributed by atoms with Crippen LogP contribution in [0.5, 0.6) is 0 Å². The van der Waals surface area contributed by atoms with E-state index in [4.69, 9.17) is 20.9 Å². The first kappa shape index (κ1) is 25.9. The number of nitrogens with one attached hydrogen (secondary N) is 2.